The Hall–Kier alpha value is -2.62. The Balaban J connectivity index is 1.59. The van der Waals surface area contributed by atoms with Crippen molar-refractivity contribution in [3.05, 3.63) is 70.7 Å². The van der Waals surface area contributed by atoms with Gasteiger partial charge in [0.1, 0.15) is 11.5 Å². The van der Waals surface area contributed by atoms with E-state index in [1.54, 1.807) is 12.1 Å². The van der Waals surface area contributed by atoms with Gasteiger partial charge < -0.3 is 9.88 Å². The predicted molar refractivity (Wildman–Crippen MR) is 102 cm³/mol. The fraction of sp³-hybridized carbons (Fsp3) is 0.318. The van der Waals surface area contributed by atoms with Gasteiger partial charge >= 0.3 is 0 Å². The summed E-state index contributed by atoms with van der Waals surface area (Å²) in [5.74, 6) is -0.183. The molecule has 2 heterocycles. The topological polar surface area (TPSA) is 36.1 Å². The van der Waals surface area contributed by atoms with Gasteiger partial charge in [0.15, 0.2) is 0 Å². The summed E-state index contributed by atoms with van der Waals surface area (Å²) in [4.78, 5) is 18.3. The van der Waals surface area contributed by atoms with E-state index < -0.39 is 0 Å². The molecule has 1 atom stereocenters. The Morgan fingerprint density at radius 3 is 2.88 bits per heavy atom. The van der Waals surface area contributed by atoms with E-state index in [2.05, 4.69) is 31.0 Å². The molecule has 26 heavy (non-hydrogen) atoms. The zero-order valence-corrected chi connectivity index (χ0v) is 15.2. The molecule has 0 bridgehead atoms. The number of H-pyrrole nitrogens is 1. The molecule has 1 amide bonds. The first-order valence-electron chi connectivity index (χ1n) is 9.16. The van der Waals surface area contributed by atoms with Gasteiger partial charge in [-0.2, -0.15) is 0 Å². The minimum absolute atomic E-state index is 0.0390. The van der Waals surface area contributed by atoms with Crippen molar-refractivity contribution < 1.29 is 9.18 Å². The van der Waals surface area contributed by atoms with Gasteiger partial charge in [0.2, 0.25) is 0 Å². The van der Waals surface area contributed by atoms with Crippen LogP contribution >= 0.6 is 0 Å². The number of amides is 1. The highest BCUT2D eigenvalue weighted by Crippen LogP contribution is 2.26. The third-order valence-corrected chi connectivity index (χ3v) is 5.32. The summed E-state index contributed by atoms with van der Waals surface area (Å²) < 4.78 is 13.5. The SMILES string of the molecule is Cc1cc(C)c2cc(C(=O)N3CCCC3Cc3cccc(F)c3)[nH]c2c1. The first kappa shape index (κ1) is 16.8. The number of likely N-dealkylation sites (tertiary alicyclic amines) is 1. The molecule has 1 saturated heterocycles. The van der Waals surface area contributed by atoms with Crippen molar-refractivity contribution in [2.45, 2.75) is 39.2 Å². The third kappa shape index (κ3) is 3.12. The van der Waals surface area contributed by atoms with Crippen LogP contribution in [0.1, 0.15) is 40.0 Å². The number of benzene rings is 2. The lowest BCUT2D eigenvalue weighted by Crippen LogP contribution is -2.37. The van der Waals surface area contributed by atoms with Gasteiger partial charge in [-0.25, -0.2) is 4.39 Å². The number of aromatic amines is 1. The molecule has 0 spiro atoms. The van der Waals surface area contributed by atoms with Crippen LogP contribution in [0.15, 0.2) is 42.5 Å². The van der Waals surface area contributed by atoms with Crippen molar-refractivity contribution >= 4 is 16.8 Å². The van der Waals surface area contributed by atoms with Crippen LogP contribution < -0.4 is 0 Å². The van der Waals surface area contributed by atoms with Gasteiger partial charge in [-0.05, 0) is 74.1 Å². The van der Waals surface area contributed by atoms with Crippen LogP contribution in [0, 0.1) is 19.7 Å². The predicted octanol–water partition coefficient (Wildman–Crippen LogP) is 4.77. The summed E-state index contributed by atoms with van der Waals surface area (Å²) in [6.45, 7) is 4.89. The van der Waals surface area contributed by atoms with Gasteiger partial charge in [0.05, 0.1) is 0 Å². The van der Waals surface area contributed by atoms with E-state index in [0.29, 0.717) is 12.1 Å². The molecule has 1 aliphatic heterocycles. The third-order valence-electron chi connectivity index (χ3n) is 5.32. The Morgan fingerprint density at radius 1 is 1.23 bits per heavy atom. The summed E-state index contributed by atoms with van der Waals surface area (Å²) >= 11 is 0. The molecule has 1 fully saturated rings. The zero-order valence-electron chi connectivity index (χ0n) is 15.2. The number of rotatable bonds is 3. The summed E-state index contributed by atoms with van der Waals surface area (Å²) in [6.07, 6.45) is 2.65. The Labute approximate surface area is 152 Å². The Kier molecular flexibility index (Phi) is 4.27. The van der Waals surface area contributed by atoms with E-state index >= 15 is 0 Å². The van der Waals surface area contributed by atoms with Crippen LogP contribution in [0.3, 0.4) is 0 Å². The highest BCUT2D eigenvalue weighted by molar-refractivity contribution is 5.99. The van der Waals surface area contributed by atoms with Gasteiger partial charge in [-0.3, -0.25) is 4.79 Å². The monoisotopic (exact) mass is 350 g/mol. The lowest BCUT2D eigenvalue weighted by molar-refractivity contribution is 0.0731. The molecule has 0 saturated carbocycles. The van der Waals surface area contributed by atoms with E-state index in [1.165, 1.54) is 17.2 Å². The van der Waals surface area contributed by atoms with Crippen molar-refractivity contribution in [1.82, 2.24) is 9.88 Å². The van der Waals surface area contributed by atoms with Crippen molar-refractivity contribution in [1.29, 1.82) is 0 Å². The fourth-order valence-corrected chi connectivity index (χ4v) is 4.12. The smallest absolute Gasteiger partial charge is 0.270 e. The maximum Gasteiger partial charge on any atom is 0.270 e. The second-order valence-electron chi connectivity index (χ2n) is 7.35. The largest absolute Gasteiger partial charge is 0.351 e. The number of carbonyl (C=O) groups excluding carboxylic acids is 1. The molecule has 3 nitrogen and oxygen atoms in total. The van der Waals surface area contributed by atoms with Gasteiger partial charge in [-0.1, -0.05) is 18.2 Å². The number of halogens is 1. The number of aryl methyl sites for hydroxylation is 2. The number of nitrogens with zero attached hydrogens (tertiary/aromatic N) is 1. The van der Waals surface area contributed by atoms with E-state index in [9.17, 15) is 9.18 Å². The maximum absolute atomic E-state index is 13.5. The van der Waals surface area contributed by atoms with Crippen LogP contribution in [0.4, 0.5) is 4.39 Å². The average Bonchev–Trinajstić information content (AvgIpc) is 3.21. The Bertz CT molecular complexity index is 975. The minimum atomic E-state index is -0.222. The number of aromatic nitrogens is 1. The van der Waals surface area contributed by atoms with Crippen LogP contribution in [0.25, 0.3) is 10.9 Å². The molecule has 134 valence electrons. The first-order valence-corrected chi connectivity index (χ1v) is 9.16. The Morgan fingerprint density at radius 2 is 2.08 bits per heavy atom. The molecular weight excluding hydrogens is 327 g/mol. The highest BCUT2D eigenvalue weighted by Gasteiger charge is 2.30. The normalized spacial score (nSPS) is 17.2. The summed E-state index contributed by atoms with van der Waals surface area (Å²) in [5.41, 5.74) is 4.94. The number of nitrogens with one attached hydrogen (secondary N) is 1. The van der Waals surface area contributed by atoms with Crippen LogP contribution in [-0.2, 0) is 6.42 Å². The average molecular weight is 350 g/mol. The van der Waals surface area contributed by atoms with Crippen molar-refractivity contribution in [2.75, 3.05) is 6.54 Å². The summed E-state index contributed by atoms with van der Waals surface area (Å²) in [7, 11) is 0. The van der Waals surface area contributed by atoms with Crippen molar-refractivity contribution in [3.63, 3.8) is 0 Å². The summed E-state index contributed by atoms with van der Waals surface area (Å²) in [5, 5.41) is 1.10. The molecule has 1 N–H and O–H groups in total. The fourth-order valence-electron chi connectivity index (χ4n) is 4.12. The zero-order chi connectivity index (χ0) is 18.3. The molecular formula is C22H23FN2O. The molecule has 1 aromatic heterocycles. The maximum atomic E-state index is 13.5. The molecule has 1 unspecified atom stereocenters. The highest BCUT2D eigenvalue weighted by atomic mass is 19.1. The van der Waals surface area contributed by atoms with Crippen molar-refractivity contribution in [3.8, 4) is 0 Å². The minimum Gasteiger partial charge on any atom is -0.351 e. The number of hydrogen-bond acceptors (Lipinski definition) is 1. The number of hydrogen-bond donors (Lipinski definition) is 1. The molecule has 1 aliphatic rings. The second-order valence-corrected chi connectivity index (χ2v) is 7.35. The molecule has 2 aromatic carbocycles. The molecule has 3 aromatic rings. The molecule has 0 aliphatic carbocycles. The van der Waals surface area contributed by atoms with Crippen LogP contribution in [-0.4, -0.2) is 28.4 Å². The van der Waals surface area contributed by atoms with Gasteiger partial charge in [0.25, 0.3) is 5.91 Å². The van der Waals surface area contributed by atoms with E-state index in [4.69, 9.17) is 0 Å². The standard InChI is InChI=1S/C22H23FN2O/c1-14-9-15(2)19-13-21(24-20(19)10-14)22(26)25-8-4-7-18(25)12-16-5-3-6-17(23)11-16/h3,5-6,9-11,13,18,24H,4,7-8,12H2,1-2H3. The van der Waals surface area contributed by atoms with Gasteiger partial charge in [0, 0.05) is 23.5 Å². The van der Waals surface area contributed by atoms with E-state index in [1.807, 2.05) is 17.0 Å². The summed E-state index contributed by atoms with van der Waals surface area (Å²) in [6, 6.07) is 13.0. The van der Waals surface area contributed by atoms with Gasteiger partial charge in [-0.15, -0.1) is 0 Å². The number of carbonyl (C=O) groups is 1. The molecule has 0 radical (unpaired) electrons. The lowest BCUT2D eigenvalue weighted by Gasteiger charge is -2.24. The van der Waals surface area contributed by atoms with Crippen LogP contribution in [0.2, 0.25) is 0 Å². The van der Waals surface area contributed by atoms with E-state index in [0.717, 1.165) is 35.9 Å². The van der Waals surface area contributed by atoms with Crippen LogP contribution in [0.5, 0.6) is 0 Å². The molecule has 4 heteroatoms. The number of fused-ring (bicyclic) bond motifs is 1. The van der Waals surface area contributed by atoms with E-state index in [-0.39, 0.29) is 17.8 Å². The molecule has 4 rings (SSSR count). The lowest BCUT2D eigenvalue weighted by atomic mass is 10.0. The quantitative estimate of drug-likeness (QED) is 0.726. The van der Waals surface area contributed by atoms with Crippen molar-refractivity contribution in [2.24, 2.45) is 0 Å². The first-order chi connectivity index (χ1) is 12.5. The second kappa shape index (κ2) is 6.60.